The monoisotopic (exact) mass is 556 g/mol. The maximum atomic E-state index is 13.6. The molecule has 2 aromatic rings. The first-order chi connectivity index (χ1) is 19.1. The van der Waals surface area contributed by atoms with Gasteiger partial charge in [0.05, 0.1) is 12.7 Å². The molecule has 0 amide bonds. The fraction of sp³-hybridized carbons (Fsp3) is 0.457. The summed E-state index contributed by atoms with van der Waals surface area (Å²) >= 11 is 0. The second-order valence-corrected chi connectivity index (χ2v) is 14.2. The quantitative estimate of drug-likeness (QED) is 0.285. The summed E-state index contributed by atoms with van der Waals surface area (Å²) in [6, 6.07) is 12.7. The molecule has 0 bridgehead atoms. The molecular formula is C35H40O6. The molecule has 1 aliphatic heterocycles. The molecule has 5 rings (SSSR count). The number of allylic oxidation sites excluding steroid dienone is 4. The Bertz CT molecular complexity index is 1440. The Morgan fingerprint density at radius 3 is 1.83 bits per heavy atom. The number of benzene rings is 2. The number of carbonyl (C=O) groups is 3. The van der Waals surface area contributed by atoms with Crippen molar-refractivity contribution in [2.75, 3.05) is 7.11 Å². The van der Waals surface area contributed by atoms with Crippen LogP contribution in [0.3, 0.4) is 0 Å². The number of carbonyl (C=O) groups excluding carboxylic acids is 3. The van der Waals surface area contributed by atoms with Crippen molar-refractivity contribution in [1.82, 2.24) is 0 Å². The predicted molar refractivity (Wildman–Crippen MR) is 157 cm³/mol. The summed E-state index contributed by atoms with van der Waals surface area (Å²) in [5, 5.41) is 0. The van der Waals surface area contributed by atoms with E-state index in [0.29, 0.717) is 59.7 Å². The van der Waals surface area contributed by atoms with Gasteiger partial charge in [0.1, 0.15) is 11.5 Å². The van der Waals surface area contributed by atoms with E-state index in [0.717, 1.165) is 11.1 Å². The van der Waals surface area contributed by atoms with E-state index in [4.69, 9.17) is 14.2 Å². The van der Waals surface area contributed by atoms with Gasteiger partial charge in [-0.05, 0) is 51.6 Å². The number of esters is 1. The van der Waals surface area contributed by atoms with Crippen molar-refractivity contribution in [3.63, 3.8) is 0 Å². The number of hydrogen-bond acceptors (Lipinski definition) is 6. The lowest BCUT2D eigenvalue weighted by Crippen LogP contribution is -2.37. The molecule has 2 aliphatic carbocycles. The average molecular weight is 557 g/mol. The van der Waals surface area contributed by atoms with Gasteiger partial charge in [-0.3, -0.25) is 9.59 Å². The molecule has 6 nitrogen and oxygen atoms in total. The Hall–Kier alpha value is -3.67. The van der Waals surface area contributed by atoms with Crippen LogP contribution in [0.1, 0.15) is 102 Å². The predicted octanol–water partition coefficient (Wildman–Crippen LogP) is 7.61. The average Bonchev–Trinajstić information content (AvgIpc) is 2.85. The number of hydrogen-bond donors (Lipinski definition) is 0. The van der Waals surface area contributed by atoms with Gasteiger partial charge < -0.3 is 14.2 Å². The van der Waals surface area contributed by atoms with Gasteiger partial charge >= 0.3 is 5.97 Å². The fourth-order valence-corrected chi connectivity index (χ4v) is 6.22. The minimum atomic E-state index is -0.551. The van der Waals surface area contributed by atoms with E-state index in [1.165, 1.54) is 7.11 Å². The lowest BCUT2D eigenvalue weighted by atomic mass is 9.65. The van der Waals surface area contributed by atoms with Crippen molar-refractivity contribution >= 4 is 17.5 Å². The molecule has 0 unspecified atom stereocenters. The summed E-state index contributed by atoms with van der Waals surface area (Å²) in [4.78, 5) is 40.2. The number of methoxy groups -OCH3 is 1. The van der Waals surface area contributed by atoms with Gasteiger partial charge in [0.2, 0.25) is 0 Å². The van der Waals surface area contributed by atoms with Crippen LogP contribution in [0.4, 0.5) is 0 Å². The van der Waals surface area contributed by atoms with E-state index in [2.05, 4.69) is 48.5 Å². The highest BCUT2D eigenvalue weighted by Crippen LogP contribution is 2.53. The minimum Gasteiger partial charge on any atom is -0.493 e. The molecule has 0 aromatic heterocycles. The Labute approximate surface area is 242 Å². The summed E-state index contributed by atoms with van der Waals surface area (Å²) in [5.74, 6) is 0.894. The molecule has 0 radical (unpaired) electrons. The van der Waals surface area contributed by atoms with Crippen molar-refractivity contribution in [3.05, 3.63) is 81.8 Å². The Balaban J connectivity index is 1.52. The topological polar surface area (TPSA) is 78.9 Å². The van der Waals surface area contributed by atoms with Crippen LogP contribution in [0, 0.1) is 10.8 Å². The van der Waals surface area contributed by atoms with Gasteiger partial charge in [0.15, 0.2) is 23.1 Å². The summed E-state index contributed by atoms with van der Waals surface area (Å²) < 4.78 is 17.8. The number of ketones is 2. The highest BCUT2D eigenvalue weighted by atomic mass is 16.6. The highest BCUT2D eigenvalue weighted by molar-refractivity contribution is 6.06. The van der Waals surface area contributed by atoms with E-state index < -0.39 is 11.9 Å². The number of ether oxygens (including phenoxy) is 3. The van der Waals surface area contributed by atoms with E-state index in [-0.39, 0.29) is 33.6 Å². The second-order valence-electron chi connectivity index (χ2n) is 14.2. The van der Waals surface area contributed by atoms with Crippen molar-refractivity contribution < 1.29 is 28.6 Å². The third-order valence-corrected chi connectivity index (χ3v) is 8.29. The van der Waals surface area contributed by atoms with Gasteiger partial charge in [-0.1, -0.05) is 66.7 Å². The summed E-state index contributed by atoms with van der Waals surface area (Å²) in [5.41, 5.74) is 2.92. The number of rotatable bonds is 4. The van der Waals surface area contributed by atoms with E-state index >= 15 is 0 Å². The third-order valence-electron chi connectivity index (χ3n) is 8.29. The van der Waals surface area contributed by atoms with Crippen molar-refractivity contribution in [1.29, 1.82) is 0 Å². The smallest absolute Gasteiger partial charge is 0.343 e. The molecule has 41 heavy (non-hydrogen) atoms. The van der Waals surface area contributed by atoms with Crippen molar-refractivity contribution in [3.8, 4) is 11.5 Å². The second kappa shape index (κ2) is 10.0. The van der Waals surface area contributed by atoms with E-state index in [1.807, 2.05) is 18.2 Å². The lowest BCUT2D eigenvalue weighted by molar-refractivity contribution is -0.120. The van der Waals surface area contributed by atoms with Crippen LogP contribution in [0.25, 0.3) is 0 Å². The van der Waals surface area contributed by atoms with Crippen LogP contribution in [0.2, 0.25) is 0 Å². The van der Waals surface area contributed by atoms with Gasteiger partial charge in [-0.15, -0.1) is 0 Å². The molecule has 0 saturated carbocycles. The van der Waals surface area contributed by atoms with Gasteiger partial charge in [0.25, 0.3) is 0 Å². The third kappa shape index (κ3) is 5.61. The van der Waals surface area contributed by atoms with Gasteiger partial charge in [0, 0.05) is 42.7 Å². The zero-order valence-electron chi connectivity index (χ0n) is 25.4. The Kier molecular flexibility index (Phi) is 7.04. The zero-order valence-corrected chi connectivity index (χ0v) is 25.4. The molecule has 6 heteroatoms. The first-order valence-electron chi connectivity index (χ1n) is 14.3. The molecule has 3 aliphatic rings. The summed E-state index contributed by atoms with van der Waals surface area (Å²) in [6.07, 6.45) is 2.01. The first-order valence-corrected chi connectivity index (χ1v) is 14.3. The van der Waals surface area contributed by atoms with Gasteiger partial charge in [-0.2, -0.15) is 0 Å². The first kappa shape index (κ1) is 28.8. The SMILES string of the molecule is COc1cc(C2C3=C(CC(C)(C)CC3=O)OC3=C2C(=O)CC(C)(C)C3)ccc1OC(=O)c1ccc(C(C)(C)C)cc1. The maximum Gasteiger partial charge on any atom is 0.343 e. The fourth-order valence-electron chi connectivity index (χ4n) is 6.22. The van der Waals surface area contributed by atoms with E-state index in [9.17, 15) is 14.4 Å². The molecule has 1 heterocycles. The normalized spacial score (nSPS) is 20.3. The molecule has 0 N–H and O–H groups in total. The zero-order chi connectivity index (χ0) is 29.9. The van der Waals surface area contributed by atoms with Crippen LogP contribution in [-0.2, 0) is 19.7 Å². The van der Waals surface area contributed by atoms with Crippen molar-refractivity contribution in [2.24, 2.45) is 10.8 Å². The molecular weight excluding hydrogens is 516 g/mol. The number of Topliss-reactive ketones (excluding diaryl/α,β-unsaturated/α-hetero) is 2. The highest BCUT2D eigenvalue weighted by Gasteiger charge is 2.48. The molecule has 0 atom stereocenters. The summed E-state index contributed by atoms with van der Waals surface area (Å²) in [6.45, 7) is 14.6. The van der Waals surface area contributed by atoms with E-state index in [1.54, 1.807) is 24.3 Å². The lowest BCUT2D eigenvalue weighted by Gasteiger charge is -2.42. The van der Waals surface area contributed by atoms with Crippen LogP contribution in [0.5, 0.6) is 11.5 Å². The molecule has 216 valence electrons. The van der Waals surface area contributed by atoms with Crippen LogP contribution in [0.15, 0.2) is 65.1 Å². The van der Waals surface area contributed by atoms with Gasteiger partial charge in [-0.25, -0.2) is 4.79 Å². The molecule has 0 saturated heterocycles. The molecule has 0 spiro atoms. The largest absolute Gasteiger partial charge is 0.493 e. The minimum absolute atomic E-state index is 0.00129. The standard InChI is InChI=1S/C35H40O6/c1-33(2,3)22-12-9-20(10-13-22)32(38)41-25-14-11-21(15-26(25)39-8)29-30-23(36)16-34(4,5)18-27(30)40-28-19-35(6,7)17-24(37)31(28)29/h9-15,29H,16-19H2,1-8H3. The van der Waals surface area contributed by atoms with Crippen LogP contribution < -0.4 is 9.47 Å². The van der Waals surface area contributed by atoms with Crippen LogP contribution in [-0.4, -0.2) is 24.6 Å². The van der Waals surface area contributed by atoms with Crippen LogP contribution >= 0.6 is 0 Å². The Morgan fingerprint density at radius 2 is 1.34 bits per heavy atom. The molecule has 0 fully saturated rings. The molecule has 2 aromatic carbocycles. The van der Waals surface area contributed by atoms with Crippen molar-refractivity contribution in [2.45, 2.75) is 85.5 Å². The summed E-state index contributed by atoms with van der Waals surface area (Å²) in [7, 11) is 1.51. The Morgan fingerprint density at radius 1 is 0.805 bits per heavy atom. The maximum absolute atomic E-state index is 13.6.